The highest BCUT2D eigenvalue weighted by atomic mass is 16.5. The Hall–Kier alpha value is -6.85. The van der Waals surface area contributed by atoms with Crippen molar-refractivity contribution < 1.29 is 9.15 Å². The van der Waals surface area contributed by atoms with Crippen molar-refractivity contribution in [1.29, 1.82) is 0 Å². The Bertz CT molecular complexity index is 2970. The largest absolute Gasteiger partial charge is 0.485 e. The van der Waals surface area contributed by atoms with Gasteiger partial charge in [-0.3, -0.25) is 0 Å². The van der Waals surface area contributed by atoms with Crippen LogP contribution in [0.15, 0.2) is 168 Å². The first-order valence-electron chi connectivity index (χ1n) is 17.6. The van der Waals surface area contributed by atoms with Gasteiger partial charge in [0, 0.05) is 33.4 Å². The molecule has 0 bridgehead atoms. The van der Waals surface area contributed by atoms with Crippen molar-refractivity contribution in [2.45, 2.75) is 12.0 Å². The van der Waals surface area contributed by atoms with E-state index in [0.29, 0.717) is 17.5 Å². The van der Waals surface area contributed by atoms with E-state index < -0.39 is 0 Å². The van der Waals surface area contributed by atoms with Crippen LogP contribution in [0, 0.1) is 0 Å². The molecule has 0 N–H and O–H groups in total. The average molecular weight is 668 g/mol. The summed E-state index contributed by atoms with van der Waals surface area (Å²) in [6.45, 7) is 0. The van der Waals surface area contributed by atoms with Crippen molar-refractivity contribution in [3.8, 4) is 51.0 Å². The zero-order chi connectivity index (χ0) is 34.2. The number of ether oxygens (including phenoxy) is 1. The summed E-state index contributed by atoms with van der Waals surface area (Å²) in [5, 5.41) is 6.75. The van der Waals surface area contributed by atoms with Crippen molar-refractivity contribution in [2.75, 3.05) is 0 Å². The molecule has 0 radical (unpaired) electrons. The van der Waals surface area contributed by atoms with Gasteiger partial charge in [0.15, 0.2) is 17.5 Å². The topological polar surface area (TPSA) is 61.0 Å². The van der Waals surface area contributed by atoms with Crippen LogP contribution in [0.3, 0.4) is 0 Å². The summed E-state index contributed by atoms with van der Waals surface area (Å²) in [4.78, 5) is 15.8. The van der Waals surface area contributed by atoms with Gasteiger partial charge in [-0.15, -0.1) is 0 Å². The van der Waals surface area contributed by atoms with Gasteiger partial charge in [-0.1, -0.05) is 121 Å². The number of para-hydroxylation sites is 2. The minimum absolute atomic E-state index is 0.0313. The molecular weight excluding hydrogens is 639 g/mol. The quantitative estimate of drug-likeness (QED) is 0.187. The number of benzene rings is 7. The lowest BCUT2D eigenvalue weighted by Crippen LogP contribution is -2.16. The maximum absolute atomic E-state index is 6.67. The molecule has 2 aromatic heterocycles. The van der Waals surface area contributed by atoms with Crippen LogP contribution in [0.1, 0.15) is 11.5 Å². The molecule has 5 nitrogen and oxygen atoms in total. The van der Waals surface area contributed by atoms with E-state index >= 15 is 0 Å². The Morgan fingerprint density at radius 2 is 1.12 bits per heavy atom. The first-order valence-corrected chi connectivity index (χ1v) is 17.6. The Balaban J connectivity index is 1.18. The predicted molar refractivity (Wildman–Crippen MR) is 209 cm³/mol. The molecule has 0 spiro atoms. The van der Waals surface area contributed by atoms with E-state index in [-0.39, 0.29) is 12.0 Å². The molecule has 52 heavy (non-hydrogen) atoms. The smallest absolute Gasteiger partial charge is 0.167 e. The van der Waals surface area contributed by atoms with Gasteiger partial charge in [-0.05, 0) is 75.1 Å². The molecule has 2 atom stereocenters. The molecule has 3 heterocycles. The maximum Gasteiger partial charge on any atom is 0.167 e. The number of rotatable bonds is 4. The highest BCUT2D eigenvalue weighted by Gasteiger charge is 2.36. The molecule has 7 aromatic carbocycles. The average Bonchev–Trinajstić information content (AvgIpc) is 3.78. The van der Waals surface area contributed by atoms with Gasteiger partial charge in [0.2, 0.25) is 0 Å². The Morgan fingerprint density at radius 1 is 0.462 bits per heavy atom. The number of furan rings is 1. The molecular formula is C47H29N3O2. The molecule has 0 amide bonds. The lowest BCUT2D eigenvalue weighted by Gasteiger charge is -2.17. The third kappa shape index (κ3) is 4.60. The van der Waals surface area contributed by atoms with E-state index in [1.165, 1.54) is 10.8 Å². The molecule has 2 aliphatic rings. The fourth-order valence-corrected chi connectivity index (χ4v) is 7.89. The zero-order valence-electron chi connectivity index (χ0n) is 27.9. The normalized spacial score (nSPS) is 16.1. The van der Waals surface area contributed by atoms with Gasteiger partial charge < -0.3 is 9.15 Å². The van der Waals surface area contributed by atoms with Crippen LogP contribution >= 0.6 is 0 Å². The molecule has 0 fully saturated rings. The van der Waals surface area contributed by atoms with Crippen LogP contribution in [0.4, 0.5) is 0 Å². The van der Waals surface area contributed by atoms with Crippen molar-refractivity contribution in [3.63, 3.8) is 0 Å². The molecule has 0 saturated carbocycles. The monoisotopic (exact) mass is 667 g/mol. The Labute approximate surface area is 299 Å². The second-order valence-electron chi connectivity index (χ2n) is 13.5. The number of fused-ring (bicyclic) bond motifs is 8. The second-order valence-corrected chi connectivity index (χ2v) is 13.5. The van der Waals surface area contributed by atoms with Gasteiger partial charge in [-0.2, -0.15) is 0 Å². The van der Waals surface area contributed by atoms with Gasteiger partial charge in [0.1, 0.15) is 23.0 Å². The number of hydrogen-bond donors (Lipinski definition) is 0. The summed E-state index contributed by atoms with van der Waals surface area (Å²) in [5.74, 6) is 2.62. The summed E-state index contributed by atoms with van der Waals surface area (Å²) in [6.07, 6.45) is 8.41. The summed E-state index contributed by atoms with van der Waals surface area (Å²) in [5.41, 5.74) is 7.46. The highest BCUT2D eigenvalue weighted by Crippen LogP contribution is 2.48. The fraction of sp³-hybridized carbons (Fsp3) is 0.0426. The van der Waals surface area contributed by atoms with Gasteiger partial charge >= 0.3 is 0 Å². The van der Waals surface area contributed by atoms with Gasteiger partial charge in [0.25, 0.3) is 0 Å². The molecule has 2 unspecified atom stereocenters. The maximum atomic E-state index is 6.67. The standard InChI is InChI=1S/C47H29N3O2/c1-3-12-30-24-32(22-20-28(30)10-1)34-26-39(43-37-15-6-8-19-41(37)51-42(43)27-34)47-49-45(33-23-21-29-11-2-4-13-31(29)25-33)48-46(50-47)38-17-9-16-36-35-14-5-7-18-40(35)52-44(36)38/h1-27,37,41H. The minimum Gasteiger partial charge on any atom is -0.485 e. The van der Waals surface area contributed by atoms with Crippen LogP contribution < -0.4 is 4.74 Å². The molecule has 9 aromatic rings. The van der Waals surface area contributed by atoms with E-state index in [0.717, 1.165) is 71.8 Å². The number of allylic oxidation sites excluding steroid dienone is 2. The van der Waals surface area contributed by atoms with Crippen molar-refractivity contribution in [2.24, 2.45) is 0 Å². The number of aromatic nitrogens is 3. The summed E-state index contributed by atoms with van der Waals surface area (Å²) in [7, 11) is 0. The lowest BCUT2D eigenvalue weighted by molar-refractivity contribution is 0.269. The fourth-order valence-electron chi connectivity index (χ4n) is 7.89. The predicted octanol–water partition coefficient (Wildman–Crippen LogP) is 11.7. The van der Waals surface area contributed by atoms with E-state index in [4.69, 9.17) is 24.1 Å². The van der Waals surface area contributed by atoms with E-state index in [2.05, 4.69) is 140 Å². The zero-order valence-corrected chi connectivity index (χ0v) is 27.9. The minimum atomic E-state index is -0.101. The van der Waals surface area contributed by atoms with Crippen molar-refractivity contribution in [3.05, 3.63) is 169 Å². The van der Waals surface area contributed by atoms with Crippen LogP contribution in [-0.2, 0) is 0 Å². The SMILES string of the molecule is C1=CC2Oc3cc(-c4ccc5ccccc5c4)cc(-c4nc(-c5ccc6ccccc6c5)nc(-c5cccc6c5oc5ccccc56)n4)c3C2C=C1. The molecule has 11 rings (SSSR count). The van der Waals surface area contributed by atoms with Gasteiger partial charge in [0.05, 0.1) is 5.56 Å². The summed E-state index contributed by atoms with van der Waals surface area (Å²) in [6, 6.07) is 48.5. The third-order valence-corrected chi connectivity index (χ3v) is 10.4. The molecule has 0 saturated heterocycles. The first-order chi connectivity index (χ1) is 25.7. The van der Waals surface area contributed by atoms with Crippen LogP contribution in [0.2, 0.25) is 0 Å². The van der Waals surface area contributed by atoms with Crippen LogP contribution in [-0.4, -0.2) is 21.1 Å². The number of hydrogen-bond acceptors (Lipinski definition) is 5. The Morgan fingerprint density at radius 3 is 1.94 bits per heavy atom. The molecule has 1 aliphatic carbocycles. The van der Waals surface area contributed by atoms with E-state index in [1.54, 1.807) is 0 Å². The number of nitrogens with zero attached hydrogens (tertiary/aromatic N) is 3. The third-order valence-electron chi connectivity index (χ3n) is 10.4. The van der Waals surface area contributed by atoms with Crippen LogP contribution in [0.25, 0.3) is 88.8 Å². The van der Waals surface area contributed by atoms with Gasteiger partial charge in [-0.25, -0.2) is 15.0 Å². The summed E-state index contributed by atoms with van der Waals surface area (Å²) < 4.78 is 13.2. The second kappa shape index (κ2) is 11.3. The Kier molecular flexibility index (Phi) is 6.31. The summed E-state index contributed by atoms with van der Waals surface area (Å²) >= 11 is 0. The van der Waals surface area contributed by atoms with Crippen molar-refractivity contribution >= 4 is 43.5 Å². The lowest BCUT2D eigenvalue weighted by atomic mass is 9.86. The van der Waals surface area contributed by atoms with E-state index in [1.807, 2.05) is 24.3 Å². The molecule has 1 aliphatic heterocycles. The van der Waals surface area contributed by atoms with Crippen molar-refractivity contribution in [1.82, 2.24) is 15.0 Å². The van der Waals surface area contributed by atoms with Crippen LogP contribution in [0.5, 0.6) is 5.75 Å². The molecule has 5 heteroatoms. The van der Waals surface area contributed by atoms with E-state index in [9.17, 15) is 0 Å². The first kappa shape index (κ1) is 28.9. The molecule has 244 valence electrons. The highest BCUT2D eigenvalue weighted by molar-refractivity contribution is 6.09.